The number of allylic oxidation sites excluding steroid dienone is 1. The number of hydrogen-bond donors (Lipinski definition) is 2. The first-order valence-corrected chi connectivity index (χ1v) is 9.49. The maximum absolute atomic E-state index is 12.4. The molecule has 0 aliphatic carbocycles. The van der Waals surface area contributed by atoms with Crippen molar-refractivity contribution in [1.82, 2.24) is 0 Å². The minimum absolute atomic E-state index is 0.162. The van der Waals surface area contributed by atoms with Crippen LogP contribution in [0, 0.1) is 13.8 Å². The molecule has 1 aliphatic heterocycles. The van der Waals surface area contributed by atoms with E-state index in [1.807, 2.05) is 19.9 Å². The first-order valence-electron chi connectivity index (χ1n) is 9.49. The van der Waals surface area contributed by atoms with Gasteiger partial charge in [-0.25, -0.2) is 4.79 Å². The van der Waals surface area contributed by atoms with Crippen molar-refractivity contribution in [3.8, 4) is 0 Å². The summed E-state index contributed by atoms with van der Waals surface area (Å²) >= 11 is 0. The van der Waals surface area contributed by atoms with Crippen LogP contribution in [0.3, 0.4) is 0 Å². The number of cyclic esters (lactones) is 1. The average molecular weight is 376 g/mol. The third-order valence-electron chi connectivity index (χ3n) is 3.96. The molecule has 5 nitrogen and oxygen atoms in total. The molecule has 0 fully saturated rings. The van der Waals surface area contributed by atoms with E-state index in [4.69, 9.17) is 14.9 Å². The lowest BCUT2D eigenvalue weighted by atomic mass is 9.94. The third-order valence-corrected chi connectivity index (χ3v) is 3.96. The van der Waals surface area contributed by atoms with Crippen LogP contribution >= 0.6 is 0 Å². The summed E-state index contributed by atoms with van der Waals surface area (Å²) in [7, 11) is 0. The van der Waals surface area contributed by atoms with E-state index >= 15 is 0 Å². The minimum Gasteiger partial charge on any atom is -0.462 e. The van der Waals surface area contributed by atoms with Crippen LogP contribution in [-0.2, 0) is 16.0 Å². The fourth-order valence-corrected chi connectivity index (χ4v) is 2.93. The van der Waals surface area contributed by atoms with E-state index in [-0.39, 0.29) is 11.8 Å². The number of esters is 1. The summed E-state index contributed by atoms with van der Waals surface area (Å²) in [4.78, 5) is 24.0. The number of aryl methyl sites for hydroxylation is 3. The lowest BCUT2D eigenvalue weighted by Gasteiger charge is -2.14. The van der Waals surface area contributed by atoms with Gasteiger partial charge in [0.2, 0.25) is 0 Å². The second-order valence-electron chi connectivity index (χ2n) is 7.46. The normalized spacial score (nSPS) is 17.7. The number of fused-ring (bicyclic) bond motifs is 1. The summed E-state index contributed by atoms with van der Waals surface area (Å²) in [6.07, 6.45) is 8.35. The molecule has 0 spiro atoms. The van der Waals surface area contributed by atoms with Gasteiger partial charge in [0.15, 0.2) is 11.6 Å². The second kappa shape index (κ2) is 11.0. The summed E-state index contributed by atoms with van der Waals surface area (Å²) in [6, 6.07) is 4.11. The quantitative estimate of drug-likeness (QED) is 0.531. The summed E-state index contributed by atoms with van der Waals surface area (Å²) < 4.78 is 5.37. The zero-order chi connectivity index (χ0) is 20.4. The molecule has 27 heavy (non-hydrogen) atoms. The molecule has 2 rings (SSSR count). The molecule has 0 saturated heterocycles. The zero-order valence-corrected chi connectivity index (χ0v) is 16.9. The van der Waals surface area contributed by atoms with E-state index in [2.05, 4.69) is 6.07 Å². The van der Waals surface area contributed by atoms with E-state index in [0.29, 0.717) is 19.4 Å². The maximum atomic E-state index is 12.4. The Hall–Kier alpha value is -1.98. The molecule has 0 aromatic heterocycles. The summed E-state index contributed by atoms with van der Waals surface area (Å²) in [5.41, 5.74) is 3.95. The SMILES string of the molecule is CC(C)(O)O.Cc1cc(C)c2c(c1)CCCCCC(=O)/C=C\CCOC2=O. The molecule has 5 heteroatoms. The van der Waals surface area contributed by atoms with Gasteiger partial charge in [-0.2, -0.15) is 0 Å². The van der Waals surface area contributed by atoms with E-state index in [1.54, 1.807) is 12.2 Å². The van der Waals surface area contributed by atoms with Gasteiger partial charge in [-0.3, -0.25) is 4.79 Å². The Morgan fingerprint density at radius 3 is 2.30 bits per heavy atom. The van der Waals surface area contributed by atoms with Crippen LogP contribution in [0.25, 0.3) is 0 Å². The van der Waals surface area contributed by atoms with Crippen molar-refractivity contribution in [1.29, 1.82) is 0 Å². The molecular weight excluding hydrogens is 344 g/mol. The van der Waals surface area contributed by atoms with Crippen molar-refractivity contribution in [3.63, 3.8) is 0 Å². The monoisotopic (exact) mass is 376 g/mol. The van der Waals surface area contributed by atoms with E-state index in [9.17, 15) is 9.59 Å². The van der Waals surface area contributed by atoms with Crippen LogP contribution in [0.4, 0.5) is 0 Å². The topological polar surface area (TPSA) is 83.8 Å². The van der Waals surface area contributed by atoms with Gasteiger partial charge < -0.3 is 14.9 Å². The second-order valence-corrected chi connectivity index (χ2v) is 7.46. The van der Waals surface area contributed by atoms with Gasteiger partial charge in [-0.05, 0) is 70.6 Å². The first kappa shape index (κ1) is 23.1. The Kier molecular flexibility index (Phi) is 9.39. The van der Waals surface area contributed by atoms with Crippen molar-refractivity contribution >= 4 is 11.8 Å². The molecule has 1 aliphatic rings. The largest absolute Gasteiger partial charge is 0.462 e. The Bertz CT molecular complexity index is 662. The lowest BCUT2D eigenvalue weighted by Crippen LogP contribution is -2.15. The van der Waals surface area contributed by atoms with Crippen LogP contribution in [0.2, 0.25) is 0 Å². The predicted octanol–water partition coefficient (Wildman–Crippen LogP) is 3.80. The fourth-order valence-electron chi connectivity index (χ4n) is 2.93. The molecule has 0 atom stereocenters. The van der Waals surface area contributed by atoms with Crippen molar-refractivity contribution in [3.05, 3.63) is 46.5 Å². The van der Waals surface area contributed by atoms with Gasteiger partial charge >= 0.3 is 5.97 Å². The molecule has 0 amide bonds. The van der Waals surface area contributed by atoms with Gasteiger partial charge in [0.1, 0.15) is 0 Å². The number of hydrogen-bond acceptors (Lipinski definition) is 5. The number of rotatable bonds is 0. The standard InChI is InChI=1S/C19H24O3.C3H8O2/c1-14-12-15(2)18-16(13-14)8-4-3-5-9-17(20)10-6-7-11-22-19(18)21;1-3(2,4)5/h6,10,12-13H,3-5,7-9,11H2,1-2H3;4-5H,1-2H3/b10-6-;. The highest BCUT2D eigenvalue weighted by atomic mass is 16.5. The third kappa shape index (κ3) is 10.1. The average Bonchev–Trinajstić information content (AvgIpc) is 2.51. The summed E-state index contributed by atoms with van der Waals surface area (Å²) in [5, 5.41) is 16.2. The molecule has 150 valence electrons. The molecule has 1 aromatic carbocycles. The Labute approximate surface area is 162 Å². The first-order chi connectivity index (χ1) is 12.6. The minimum atomic E-state index is -1.50. The fraction of sp³-hybridized carbons (Fsp3) is 0.545. The van der Waals surface area contributed by atoms with Crippen LogP contribution in [0.1, 0.15) is 73.0 Å². The molecule has 0 bridgehead atoms. The van der Waals surface area contributed by atoms with Crippen molar-refractivity contribution in [2.24, 2.45) is 0 Å². The highest BCUT2D eigenvalue weighted by molar-refractivity contribution is 5.93. The van der Waals surface area contributed by atoms with Crippen LogP contribution in [0.15, 0.2) is 24.3 Å². The van der Waals surface area contributed by atoms with Crippen LogP contribution < -0.4 is 0 Å². The number of carbonyl (C=O) groups excluding carboxylic acids is 2. The van der Waals surface area contributed by atoms with Crippen molar-refractivity contribution in [2.75, 3.05) is 6.61 Å². The van der Waals surface area contributed by atoms with E-state index in [0.717, 1.165) is 42.4 Å². The van der Waals surface area contributed by atoms with Gasteiger partial charge in [-0.1, -0.05) is 30.2 Å². The van der Waals surface area contributed by atoms with Crippen LogP contribution in [0.5, 0.6) is 0 Å². The molecular formula is C22H32O5. The number of benzene rings is 1. The molecule has 0 unspecified atom stereocenters. The number of ketones is 1. The predicted molar refractivity (Wildman–Crippen MR) is 106 cm³/mol. The zero-order valence-electron chi connectivity index (χ0n) is 16.9. The summed E-state index contributed by atoms with van der Waals surface area (Å²) in [5.74, 6) is -1.58. The molecule has 2 N–H and O–H groups in total. The van der Waals surface area contributed by atoms with Gasteiger partial charge in [0, 0.05) is 6.42 Å². The van der Waals surface area contributed by atoms with Gasteiger partial charge in [0.25, 0.3) is 0 Å². The Balaban J connectivity index is 0.000000646. The number of aliphatic hydroxyl groups is 2. The molecule has 0 saturated carbocycles. The van der Waals surface area contributed by atoms with Gasteiger partial charge in [0.05, 0.1) is 12.2 Å². The molecule has 1 heterocycles. The number of ether oxygens (including phenoxy) is 1. The Morgan fingerprint density at radius 1 is 1.00 bits per heavy atom. The van der Waals surface area contributed by atoms with E-state index in [1.165, 1.54) is 19.4 Å². The highest BCUT2D eigenvalue weighted by Gasteiger charge is 2.16. The molecule has 1 aromatic rings. The lowest BCUT2D eigenvalue weighted by molar-refractivity contribution is -0.127. The highest BCUT2D eigenvalue weighted by Crippen LogP contribution is 2.21. The molecule has 0 radical (unpaired) electrons. The van der Waals surface area contributed by atoms with Crippen molar-refractivity contribution in [2.45, 2.75) is 72.0 Å². The maximum Gasteiger partial charge on any atom is 0.338 e. The van der Waals surface area contributed by atoms with Crippen LogP contribution in [-0.4, -0.2) is 34.4 Å². The van der Waals surface area contributed by atoms with E-state index < -0.39 is 5.79 Å². The van der Waals surface area contributed by atoms with Gasteiger partial charge in [-0.15, -0.1) is 0 Å². The smallest absolute Gasteiger partial charge is 0.338 e. The summed E-state index contributed by atoms with van der Waals surface area (Å²) in [6.45, 7) is 6.93. The van der Waals surface area contributed by atoms with Crippen molar-refractivity contribution < 1.29 is 24.5 Å². The number of carbonyl (C=O) groups is 2. The Morgan fingerprint density at radius 2 is 1.63 bits per heavy atom.